The van der Waals surface area contributed by atoms with Gasteiger partial charge in [0.05, 0.1) is 65.2 Å². The fourth-order valence-corrected chi connectivity index (χ4v) is 17.4. The molecule has 28 nitrogen and oxygen atoms in total. The van der Waals surface area contributed by atoms with Crippen LogP contribution in [0.5, 0.6) is 0 Å². The van der Waals surface area contributed by atoms with Gasteiger partial charge in [0.25, 0.3) is 0 Å². The highest BCUT2D eigenvalue weighted by molar-refractivity contribution is 7.68. The fraction of sp³-hybridized carbons (Fsp3) is 0. The molecule has 0 fully saturated rings. The SMILES string of the molecule is O=P(O)(O)c1ccc(-c2c3nc(c(-c4ccc(P(=O)(O)O)c(P(=O)(O)O)c4)c4ccc([nH]4)c(-c4ccc(P(=O)(O)O)c(P(=O)(O)O)c4)c4nc(c(-c5ccc(P(=O)(O)O)c(P(=O)(O)O)c5)c5ccc2[nH]5)C=C4)C=C3)cc1P(=O)(O)O. The number of hydrogen-bond acceptors (Lipinski definition) is 10. The van der Waals surface area contributed by atoms with Crippen LogP contribution in [0, 0.1) is 0 Å². The Balaban J connectivity index is 1.53. The van der Waals surface area contributed by atoms with Crippen LogP contribution < -0.4 is 42.4 Å². The third-order valence-electron chi connectivity index (χ3n) is 12.3. The van der Waals surface area contributed by atoms with Gasteiger partial charge in [-0.25, -0.2) is 9.97 Å². The molecule has 7 aromatic rings. The molecular weight excluding hydrogens is 1220 g/mol. The number of fused-ring (bicyclic) bond motifs is 8. The average molecular weight is 1250 g/mol. The van der Waals surface area contributed by atoms with Crippen molar-refractivity contribution in [2.45, 2.75) is 0 Å². The van der Waals surface area contributed by atoms with Crippen molar-refractivity contribution in [3.63, 3.8) is 0 Å². The Morgan fingerprint density at radius 2 is 0.425 bits per heavy atom. The highest BCUT2D eigenvalue weighted by Gasteiger charge is 2.36. The summed E-state index contributed by atoms with van der Waals surface area (Å²) < 4.78 is 102. The third-order valence-corrected chi connectivity index (χ3v) is 21.1. The number of aromatic nitrogens is 4. The summed E-state index contributed by atoms with van der Waals surface area (Å²) >= 11 is 0. The molecule has 3 aromatic heterocycles. The molecule has 18 N–H and O–H groups in total. The lowest BCUT2D eigenvalue weighted by Crippen LogP contribution is -2.25. The Morgan fingerprint density at radius 1 is 0.250 bits per heavy atom. The Morgan fingerprint density at radius 3 is 0.588 bits per heavy atom. The smallest absolute Gasteiger partial charge is 0.354 e. The molecule has 0 aliphatic carbocycles. The van der Waals surface area contributed by atoms with E-state index in [-0.39, 0.29) is 89.4 Å². The maximum Gasteiger partial charge on any atom is 0.357 e. The van der Waals surface area contributed by atoms with Crippen molar-refractivity contribution in [1.29, 1.82) is 0 Å². The lowest BCUT2D eigenvalue weighted by atomic mass is 10.0. The fourth-order valence-electron chi connectivity index (χ4n) is 9.05. The minimum Gasteiger partial charge on any atom is -0.354 e. The molecular formula is C44H38N4O24P8. The predicted molar refractivity (Wildman–Crippen MR) is 294 cm³/mol. The Bertz CT molecular complexity index is 3950. The van der Waals surface area contributed by atoms with Gasteiger partial charge in [0.15, 0.2) is 0 Å². The van der Waals surface area contributed by atoms with Crippen LogP contribution in [0.4, 0.5) is 0 Å². The lowest BCUT2D eigenvalue weighted by molar-refractivity contribution is 0.381. The summed E-state index contributed by atoms with van der Waals surface area (Å²) in [4.78, 5) is 181. The second-order valence-electron chi connectivity index (χ2n) is 17.7. The molecule has 0 unspecified atom stereocenters. The van der Waals surface area contributed by atoms with Gasteiger partial charge in [-0.15, -0.1) is 0 Å². The highest BCUT2D eigenvalue weighted by atomic mass is 31.2. The quantitative estimate of drug-likeness (QED) is 0.0775. The topological polar surface area (TPSA) is 518 Å². The predicted octanol–water partition coefficient (Wildman–Crippen LogP) is 1.75. The zero-order valence-electron chi connectivity index (χ0n) is 39.4. The summed E-state index contributed by atoms with van der Waals surface area (Å²) in [7, 11) is -43.9. The lowest BCUT2D eigenvalue weighted by Gasteiger charge is -2.15. The molecule has 0 saturated heterocycles. The minimum absolute atomic E-state index is 0.0514. The summed E-state index contributed by atoms with van der Waals surface area (Å²) in [6.45, 7) is 0. The first-order valence-corrected chi connectivity index (χ1v) is 34.8. The monoisotopic (exact) mass is 1250 g/mol. The minimum atomic E-state index is -5.56. The summed E-state index contributed by atoms with van der Waals surface area (Å²) in [6.07, 6.45) is 5.28. The van der Waals surface area contributed by atoms with Gasteiger partial charge in [0.2, 0.25) is 0 Å². The van der Waals surface area contributed by atoms with Crippen molar-refractivity contribution in [2.75, 3.05) is 0 Å². The van der Waals surface area contributed by atoms with E-state index in [4.69, 9.17) is 9.97 Å². The Hall–Kier alpha value is -5.32. The molecule has 9 rings (SSSR count). The second kappa shape index (κ2) is 20.2. The van der Waals surface area contributed by atoms with Gasteiger partial charge in [-0.2, -0.15) is 0 Å². The van der Waals surface area contributed by atoms with E-state index in [9.17, 15) is 115 Å². The van der Waals surface area contributed by atoms with Gasteiger partial charge in [-0.1, -0.05) is 24.3 Å². The van der Waals surface area contributed by atoms with Crippen LogP contribution in [0.3, 0.4) is 0 Å². The summed E-state index contributed by atoms with van der Waals surface area (Å²) in [5, 5.41) is -8.67. The standard InChI is InChI=1S/C44H38N4O24P8/c49-73(50,51)33-13-1-21(17-37(33)77(61,62)63)41-25-5-7-27(45-25)42(22-2-14-34(74(52,53)54)38(18-22)78(64,65)66)29-9-11-31(47-29)44(24-4-16-36(76(58,59)60)40(20-24)80(70,71)72)32-12-10-30(48-32)43(28-8-6-26(41)46-28)23-3-15-35(75(55,56)57)39(19-23)79(67,68)69/h1-20,45,48H,(H2,49,50,51)(H2,52,53,54)(H2,55,56,57)(H2,58,59,60)(H2,61,62,63)(H2,64,65,66)(H2,67,68,69)(H2,70,71,72). The molecule has 0 spiro atoms. The Kier molecular flexibility index (Phi) is 15.0. The van der Waals surface area contributed by atoms with Crippen LogP contribution >= 0.6 is 60.8 Å². The maximum atomic E-state index is 13.0. The zero-order chi connectivity index (χ0) is 58.8. The highest BCUT2D eigenvalue weighted by Crippen LogP contribution is 2.48. The van der Waals surface area contributed by atoms with E-state index in [1.807, 2.05) is 0 Å². The average Bonchev–Trinajstić information content (AvgIpc) is 4.17. The number of hydrogen-bond donors (Lipinski definition) is 18. The molecule has 0 saturated carbocycles. The second-order valence-corrected chi connectivity index (χ2v) is 30.2. The van der Waals surface area contributed by atoms with E-state index in [1.165, 1.54) is 48.6 Å². The van der Waals surface area contributed by atoms with Crippen molar-refractivity contribution in [3.8, 4) is 44.5 Å². The molecule has 0 atom stereocenters. The van der Waals surface area contributed by atoms with Gasteiger partial charge in [0.1, 0.15) is 0 Å². The first-order valence-electron chi connectivity index (χ1n) is 21.9. The molecule has 4 aromatic carbocycles. The third kappa shape index (κ3) is 11.7. The van der Waals surface area contributed by atoms with Crippen molar-refractivity contribution in [3.05, 3.63) is 120 Å². The first-order chi connectivity index (χ1) is 36.7. The van der Waals surface area contributed by atoms with Gasteiger partial charge in [-0.3, -0.25) is 36.5 Å². The van der Waals surface area contributed by atoms with Crippen molar-refractivity contribution in [2.24, 2.45) is 0 Å². The number of aromatic amines is 2. The molecule has 80 heavy (non-hydrogen) atoms. The summed E-state index contributed by atoms with van der Waals surface area (Å²) in [5.41, 5.74) is -1.98. The van der Waals surface area contributed by atoms with Crippen molar-refractivity contribution < 1.29 is 115 Å². The van der Waals surface area contributed by atoms with Gasteiger partial charge < -0.3 is 88.3 Å². The van der Waals surface area contributed by atoms with E-state index in [1.54, 1.807) is 0 Å². The summed E-state index contributed by atoms with van der Waals surface area (Å²) in [6, 6.07) is 15.8. The number of benzene rings is 4. The van der Waals surface area contributed by atoms with Crippen LogP contribution in [-0.2, 0) is 36.5 Å². The van der Waals surface area contributed by atoms with E-state index in [0.29, 0.717) is 0 Å². The number of H-pyrrole nitrogens is 2. The number of nitrogens with one attached hydrogen (secondary N) is 2. The normalized spacial score (nSPS) is 13.8. The molecule has 0 amide bonds. The van der Waals surface area contributed by atoms with Crippen LogP contribution in [0.15, 0.2) is 97.1 Å². The molecule has 2 aliphatic heterocycles. The van der Waals surface area contributed by atoms with Crippen LogP contribution in [-0.4, -0.2) is 98.2 Å². The van der Waals surface area contributed by atoms with Crippen molar-refractivity contribution in [1.82, 2.24) is 19.9 Å². The van der Waals surface area contributed by atoms with E-state index in [2.05, 4.69) is 9.97 Å². The molecule has 2 aliphatic rings. The molecule has 36 heteroatoms. The first kappa shape index (κ1) is 59.3. The van der Waals surface area contributed by atoms with E-state index >= 15 is 0 Å². The van der Waals surface area contributed by atoms with E-state index < -0.39 is 103 Å². The largest absolute Gasteiger partial charge is 0.357 e. The molecule has 5 heterocycles. The van der Waals surface area contributed by atoms with Gasteiger partial charge in [0, 0.05) is 44.3 Å². The van der Waals surface area contributed by atoms with Crippen LogP contribution in [0.2, 0.25) is 0 Å². The summed E-state index contributed by atoms with van der Waals surface area (Å²) in [5.74, 6) is 0. The van der Waals surface area contributed by atoms with E-state index in [0.717, 1.165) is 72.8 Å². The molecule has 8 bridgehead atoms. The molecule has 0 radical (unpaired) electrons. The Labute approximate surface area is 446 Å². The van der Waals surface area contributed by atoms with Gasteiger partial charge >= 0.3 is 60.8 Å². The van der Waals surface area contributed by atoms with Crippen LogP contribution in [0.25, 0.3) is 90.9 Å². The number of rotatable bonds is 12. The number of nitrogens with zero attached hydrogens (tertiary/aromatic N) is 2. The van der Waals surface area contributed by atoms with Crippen molar-refractivity contribution >= 4 is 150 Å². The van der Waals surface area contributed by atoms with Crippen LogP contribution in [0.1, 0.15) is 22.8 Å². The van der Waals surface area contributed by atoms with Gasteiger partial charge in [-0.05, 0) is 119 Å². The zero-order valence-corrected chi connectivity index (χ0v) is 46.6. The molecule has 418 valence electrons. The maximum absolute atomic E-state index is 13.0.